The van der Waals surface area contributed by atoms with E-state index in [9.17, 15) is 19.2 Å². The van der Waals surface area contributed by atoms with Gasteiger partial charge in [-0.15, -0.1) is 6.58 Å². The molecule has 1 spiro atoms. The summed E-state index contributed by atoms with van der Waals surface area (Å²) in [5, 5.41) is 8.51. The van der Waals surface area contributed by atoms with Crippen molar-refractivity contribution >= 4 is 35.4 Å². The molecule has 2 heterocycles. The Morgan fingerprint density at radius 1 is 1.24 bits per heavy atom. The number of anilines is 1. The molecule has 1 amide bonds. The second kappa shape index (κ2) is 9.27. The predicted octanol–water partition coefficient (Wildman–Crippen LogP) is 1.63. The average Bonchev–Trinajstić information content (AvgIpc) is 3.02. The van der Waals surface area contributed by atoms with E-state index in [0.29, 0.717) is 5.69 Å². The predicted molar refractivity (Wildman–Crippen MR) is 115 cm³/mol. The van der Waals surface area contributed by atoms with Gasteiger partial charge in [-0.3, -0.25) is 19.8 Å². The van der Waals surface area contributed by atoms with Crippen LogP contribution in [0.25, 0.3) is 0 Å². The summed E-state index contributed by atoms with van der Waals surface area (Å²) >= 11 is 0. The first kappa shape index (κ1) is 23.7. The molecule has 2 unspecified atom stereocenters. The number of fused-ring (bicyclic) bond motifs is 2. The Hall–Kier alpha value is -3.95. The van der Waals surface area contributed by atoms with Crippen molar-refractivity contribution in [1.29, 1.82) is 5.41 Å². The number of para-hydroxylation sites is 1. The quantitative estimate of drug-likeness (QED) is 0.372. The second-order valence-corrected chi connectivity index (χ2v) is 7.22. The minimum Gasteiger partial charge on any atom is -0.469 e. The van der Waals surface area contributed by atoms with Crippen molar-refractivity contribution in [2.75, 3.05) is 32.3 Å². The number of esters is 3. The Balaban J connectivity index is 2.46. The standard InChI is InChI=1S/C23H24N2O8/c1-5-11-25-14-10-8-7-9-13(14)23(22(25)29)17(20(27)31-4)15(12-16(26)30-3)33-19(24)18(23)21(28)32-6-2/h5,7-10,18,24H,1,6,11-12H2,2-4H3. The Bertz CT molecular complexity index is 1080. The first-order valence-electron chi connectivity index (χ1n) is 10.1. The van der Waals surface area contributed by atoms with Crippen LogP contribution in [0.4, 0.5) is 5.69 Å². The van der Waals surface area contributed by atoms with E-state index in [-0.39, 0.29) is 30.0 Å². The summed E-state index contributed by atoms with van der Waals surface area (Å²) in [7, 11) is 2.25. The van der Waals surface area contributed by atoms with E-state index < -0.39 is 47.5 Å². The highest BCUT2D eigenvalue weighted by molar-refractivity contribution is 6.22. The van der Waals surface area contributed by atoms with Gasteiger partial charge in [-0.1, -0.05) is 24.3 Å². The lowest BCUT2D eigenvalue weighted by Gasteiger charge is -2.40. The number of ether oxygens (including phenoxy) is 4. The summed E-state index contributed by atoms with van der Waals surface area (Å²) in [6.45, 7) is 5.30. The normalized spacial score (nSPS) is 21.4. The third kappa shape index (κ3) is 3.57. The van der Waals surface area contributed by atoms with Crippen LogP contribution < -0.4 is 4.90 Å². The van der Waals surface area contributed by atoms with Gasteiger partial charge in [0.15, 0.2) is 5.92 Å². The molecule has 174 valence electrons. The maximum atomic E-state index is 14.1. The van der Waals surface area contributed by atoms with Crippen molar-refractivity contribution in [3.63, 3.8) is 0 Å². The third-order valence-electron chi connectivity index (χ3n) is 5.56. The van der Waals surface area contributed by atoms with Gasteiger partial charge in [0.05, 0.1) is 26.4 Å². The van der Waals surface area contributed by atoms with Crippen molar-refractivity contribution in [3.8, 4) is 0 Å². The van der Waals surface area contributed by atoms with Crippen molar-refractivity contribution in [1.82, 2.24) is 0 Å². The first-order valence-corrected chi connectivity index (χ1v) is 10.1. The van der Waals surface area contributed by atoms with Crippen LogP contribution in [0.15, 0.2) is 48.3 Å². The number of amides is 1. The molecule has 10 nitrogen and oxygen atoms in total. The van der Waals surface area contributed by atoms with Crippen LogP contribution in [0.5, 0.6) is 0 Å². The van der Waals surface area contributed by atoms with Gasteiger partial charge in [0.2, 0.25) is 11.8 Å². The number of carbonyl (C=O) groups excluding carboxylic acids is 4. The average molecular weight is 456 g/mol. The van der Waals surface area contributed by atoms with E-state index in [2.05, 4.69) is 6.58 Å². The molecule has 10 heteroatoms. The van der Waals surface area contributed by atoms with Gasteiger partial charge >= 0.3 is 17.9 Å². The van der Waals surface area contributed by atoms with Gasteiger partial charge in [-0.2, -0.15) is 0 Å². The molecule has 2 aliphatic heterocycles. The molecular formula is C23H24N2O8. The smallest absolute Gasteiger partial charge is 0.338 e. The van der Waals surface area contributed by atoms with Crippen LogP contribution in [0.2, 0.25) is 0 Å². The van der Waals surface area contributed by atoms with Crippen LogP contribution in [0, 0.1) is 11.3 Å². The molecule has 0 aliphatic carbocycles. The Morgan fingerprint density at radius 3 is 2.55 bits per heavy atom. The topological polar surface area (TPSA) is 132 Å². The number of nitrogens with one attached hydrogen (secondary N) is 1. The highest BCUT2D eigenvalue weighted by atomic mass is 16.5. The Morgan fingerprint density at radius 2 is 1.94 bits per heavy atom. The van der Waals surface area contributed by atoms with E-state index in [4.69, 9.17) is 24.4 Å². The fourth-order valence-corrected chi connectivity index (χ4v) is 4.33. The fourth-order valence-electron chi connectivity index (χ4n) is 4.33. The molecule has 0 saturated carbocycles. The van der Waals surface area contributed by atoms with Crippen LogP contribution in [-0.2, 0) is 43.5 Å². The number of benzene rings is 1. The minimum atomic E-state index is -2.04. The zero-order valence-corrected chi connectivity index (χ0v) is 18.5. The van der Waals surface area contributed by atoms with Gasteiger partial charge in [0, 0.05) is 12.2 Å². The third-order valence-corrected chi connectivity index (χ3v) is 5.56. The van der Waals surface area contributed by atoms with E-state index in [1.807, 2.05) is 0 Å². The van der Waals surface area contributed by atoms with Gasteiger partial charge in [-0.25, -0.2) is 4.79 Å². The summed E-state index contributed by atoms with van der Waals surface area (Å²) in [5.74, 6) is -5.92. The molecule has 1 N–H and O–H groups in total. The molecule has 3 rings (SSSR count). The summed E-state index contributed by atoms with van der Waals surface area (Å²) < 4.78 is 20.3. The van der Waals surface area contributed by atoms with E-state index in [1.54, 1.807) is 31.2 Å². The number of hydrogen-bond acceptors (Lipinski definition) is 9. The number of rotatable bonds is 7. The largest absolute Gasteiger partial charge is 0.469 e. The van der Waals surface area contributed by atoms with Gasteiger partial charge < -0.3 is 23.8 Å². The van der Waals surface area contributed by atoms with E-state index in [1.165, 1.54) is 11.0 Å². The van der Waals surface area contributed by atoms with E-state index >= 15 is 0 Å². The minimum absolute atomic E-state index is 0.0306. The Labute approximate surface area is 190 Å². The lowest BCUT2D eigenvalue weighted by molar-refractivity contribution is -0.151. The number of carbonyl (C=O) groups is 4. The first-order chi connectivity index (χ1) is 15.8. The second-order valence-electron chi connectivity index (χ2n) is 7.22. The maximum Gasteiger partial charge on any atom is 0.338 e. The van der Waals surface area contributed by atoms with Crippen LogP contribution in [0.1, 0.15) is 18.9 Å². The lowest BCUT2D eigenvalue weighted by Crippen LogP contribution is -2.57. The van der Waals surface area contributed by atoms with Crippen molar-refractivity contribution in [2.45, 2.75) is 18.8 Å². The lowest BCUT2D eigenvalue weighted by atomic mass is 9.63. The molecule has 2 aliphatic rings. The molecule has 2 atom stereocenters. The molecule has 0 aromatic heterocycles. The van der Waals surface area contributed by atoms with Crippen LogP contribution in [-0.4, -0.2) is 57.1 Å². The molecular weight excluding hydrogens is 432 g/mol. The molecule has 1 aromatic rings. The van der Waals surface area contributed by atoms with E-state index in [0.717, 1.165) is 14.2 Å². The summed E-state index contributed by atoms with van der Waals surface area (Å²) in [6, 6.07) is 6.57. The summed E-state index contributed by atoms with van der Waals surface area (Å²) in [4.78, 5) is 53.8. The van der Waals surface area contributed by atoms with Gasteiger partial charge in [-0.05, 0) is 18.6 Å². The Kier molecular flexibility index (Phi) is 6.66. The zero-order chi connectivity index (χ0) is 24.3. The van der Waals surface area contributed by atoms with Crippen molar-refractivity contribution in [3.05, 3.63) is 53.8 Å². The van der Waals surface area contributed by atoms with Crippen molar-refractivity contribution < 1.29 is 38.1 Å². The highest BCUT2D eigenvalue weighted by Crippen LogP contribution is 2.55. The van der Waals surface area contributed by atoms with Gasteiger partial charge in [0.25, 0.3) is 0 Å². The fraction of sp³-hybridized carbons (Fsp3) is 0.348. The number of nitrogens with zero attached hydrogens (tertiary/aromatic N) is 1. The number of methoxy groups -OCH3 is 2. The molecule has 0 fully saturated rings. The summed E-state index contributed by atoms with van der Waals surface area (Å²) in [6.07, 6.45) is 0.937. The molecule has 0 saturated heterocycles. The monoisotopic (exact) mass is 456 g/mol. The van der Waals surface area contributed by atoms with Crippen LogP contribution >= 0.6 is 0 Å². The molecule has 1 aromatic carbocycles. The molecule has 0 bridgehead atoms. The van der Waals surface area contributed by atoms with Crippen molar-refractivity contribution in [2.24, 2.45) is 5.92 Å². The maximum absolute atomic E-state index is 14.1. The SMILES string of the molecule is C=CCN1C(=O)C2(C(C(=O)OC)=C(CC(=O)OC)OC(=N)C2C(=O)OCC)c2ccccc21. The molecule has 0 radical (unpaired) electrons. The zero-order valence-electron chi connectivity index (χ0n) is 18.5. The molecule has 33 heavy (non-hydrogen) atoms. The summed E-state index contributed by atoms with van der Waals surface area (Å²) in [5.41, 5.74) is -1.69. The van der Waals surface area contributed by atoms with Crippen LogP contribution in [0.3, 0.4) is 0 Å². The number of hydrogen-bond donors (Lipinski definition) is 1. The highest BCUT2D eigenvalue weighted by Gasteiger charge is 2.67. The van der Waals surface area contributed by atoms with Gasteiger partial charge in [0.1, 0.15) is 17.6 Å².